The molecule has 3 N–H and O–H groups in total. The molecule has 0 radical (unpaired) electrons. The van der Waals surface area contributed by atoms with E-state index in [4.69, 9.17) is 24.3 Å². The molecule has 310 valence electrons. The standard InChI is InChI=1S/C43H80NO8P/c1-3-5-7-9-11-13-15-17-19-20-22-23-25-27-29-31-33-35-42(45)49-39-41(40-51-53(47,48)50-38-37-44)52-43(46)36-34-32-30-28-26-24-21-18-16-14-12-10-8-6-4-2/h11,13,17,19,30,32,41H,3-10,12,14-16,18,20-29,31,33-40,44H2,1-2H3,(H,47,48)/b13-11+,19-17+,32-30+/t41-/m1/s1. The summed E-state index contributed by atoms with van der Waals surface area (Å²) in [5.41, 5.74) is 5.34. The quantitative estimate of drug-likeness (QED) is 0.0270. The number of phosphoric ester groups is 1. The van der Waals surface area contributed by atoms with E-state index in [2.05, 4.69) is 44.2 Å². The monoisotopic (exact) mass is 770 g/mol. The number of esters is 2. The maximum absolute atomic E-state index is 12.5. The van der Waals surface area contributed by atoms with Crippen molar-refractivity contribution >= 4 is 19.8 Å². The predicted molar refractivity (Wildman–Crippen MR) is 220 cm³/mol. The Morgan fingerprint density at radius 1 is 0.566 bits per heavy atom. The van der Waals surface area contributed by atoms with Gasteiger partial charge in [0.2, 0.25) is 0 Å². The molecule has 53 heavy (non-hydrogen) atoms. The van der Waals surface area contributed by atoms with Gasteiger partial charge in [0, 0.05) is 19.4 Å². The van der Waals surface area contributed by atoms with E-state index in [0.29, 0.717) is 6.42 Å². The van der Waals surface area contributed by atoms with Gasteiger partial charge >= 0.3 is 19.8 Å². The average Bonchev–Trinajstić information content (AvgIpc) is 3.14. The molecule has 0 aromatic heterocycles. The zero-order chi connectivity index (χ0) is 38.9. The van der Waals surface area contributed by atoms with Crippen molar-refractivity contribution in [1.29, 1.82) is 0 Å². The Morgan fingerprint density at radius 3 is 1.57 bits per heavy atom. The van der Waals surface area contributed by atoms with Gasteiger partial charge in [-0.25, -0.2) is 4.57 Å². The average molecular weight is 770 g/mol. The van der Waals surface area contributed by atoms with Gasteiger partial charge in [0.1, 0.15) is 6.61 Å². The molecule has 0 aromatic carbocycles. The minimum Gasteiger partial charge on any atom is -0.462 e. The van der Waals surface area contributed by atoms with Crippen LogP contribution in [0.2, 0.25) is 0 Å². The van der Waals surface area contributed by atoms with Crippen LogP contribution in [-0.4, -0.2) is 49.3 Å². The molecule has 0 saturated carbocycles. The molecule has 1 unspecified atom stereocenters. The fraction of sp³-hybridized carbons (Fsp3) is 0.814. The van der Waals surface area contributed by atoms with Gasteiger partial charge < -0.3 is 20.1 Å². The van der Waals surface area contributed by atoms with E-state index in [9.17, 15) is 19.0 Å². The van der Waals surface area contributed by atoms with Gasteiger partial charge in [-0.2, -0.15) is 0 Å². The van der Waals surface area contributed by atoms with Crippen molar-refractivity contribution < 1.29 is 37.6 Å². The second kappa shape index (κ2) is 39.9. The third kappa shape index (κ3) is 39.7. The van der Waals surface area contributed by atoms with Gasteiger partial charge in [-0.3, -0.25) is 18.6 Å². The van der Waals surface area contributed by atoms with Crippen LogP contribution in [-0.2, 0) is 32.7 Å². The summed E-state index contributed by atoms with van der Waals surface area (Å²) in [4.78, 5) is 34.8. The zero-order valence-corrected chi connectivity index (χ0v) is 34.9. The number of ether oxygens (including phenoxy) is 2. The summed E-state index contributed by atoms with van der Waals surface area (Å²) in [6, 6.07) is 0. The van der Waals surface area contributed by atoms with Crippen LogP contribution in [0.25, 0.3) is 0 Å². The minimum atomic E-state index is -4.38. The normalized spacial score (nSPS) is 13.7. The predicted octanol–water partition coefficient (Wildman–Crippen LogP) is 12.2. The molecule has 0 fully saturated rings. The second-order valence-corrected chi connectivity index (χ2v) is 15.7. The van der Waals surface area contributed by atoms with E-state index in [1.54, 1.807) is 0 Å². The molecular weight excluding hydrogens is 689 g/mol. The van der Waals surface area contributed by atoms with Crippen LogP contribution in [0.1, 0.15) is 194 Å². The van der Waals surface area contributed by atoms with E-state index in [-0.39, 0.29) is 32.6 Å². The van der Waals surface area contributed by atoms with Crippen LogP contribution in [0.15, 0.2) is 36.5 Å². The summed E-state index contributed by atoms with van der Waals surface area (Å²) in [5, 5.41) is 0. The third-order valence-corrected chi connectivity index (χ3v) is 10.00. The van der Waals surface area contributed by atoms with E-state index in [1.165, 1.54) is 109 Å². The topological polar surface area (TPSA) is 134 Å². The number of nitrogens with two attached hydrogens (primary N) is 1. The SMILES string of the molecule is CCCCC/C=C/C/C=C/CCCCCCCCCC(=O)OC[C@H](COP(=O)(O)OCCN)OC(=O)CC/C=C/CCCCCCCCCCCCC. The molecule has 9 nitrogen and oxygen atoms in total. The Labute approximate surface area is 324 Å². The van der Waals surface area contributed by atoms with E-state index < -0.39 is 32.5 Å². The number of hydrogen-bond acceptors (Lipinski definition) is 8. The second-order valence-electron chi connectivity index (χ2n) is 14.2. The highest BCUT2D eigenvalue weighted by Gasteiger charge is 2.25. The fourth-order valence-corrected chi connectivity index (χ4v) is 6.56. The highest BCUT2D eigenvalue weighted by atomic mass is 31.2. The van der Waals surface area contributed by atoms with Crippen LogP contribution < -0.4 is 5.73 Å². The molecule has 10 heteroatoms. The Bertz CT molecular complexity index is 970. The van der Waals surface area contributed by atoms with E-state index in [1.807, 2.05) is 6.08 Å². The highest BCUT2D eigenvalue weighted by molar-refractivity contribution is 7.47. The smallest absolute Gasteiger partial charge is 0.462 e. The van der Waals surface area contributed by atoms with Gasteiger partial charge in [-0.1, -0.05) is 159 Å². The Morgan fingerprint density at radius 2 is 1.02 bits per heavy atom. The first-order valence-corrected chi connectivity index (χ1v) is 23.0. The summed E-state index contributed by atoms with van der Waals surface area (Å²) < 4.78 is 32.7. The first-order valence-electron chi connectivity index (χ1n) is 21.5. The molecule has 0 bridgehead atoms. The van der Waals surface area contributed by atoms with E-state index in [0.717, 1.165) is 51.4 Å². The van der Waals surface area contributed by atoms with Crippen LogP contribution in [0.4, 0.5) is 0 Å². The fourth-order valence-electron chi connectivity index (χ4n) is 5.80. The molecule has 0 saturated heterocycles. The lowest BCUT2D eigenvalue weighted by atomic mass is 10.1. The van der Waals surface area contributed by atoms with Crippen LogP contribution in [0, 0.1) is 0 Å². The number of rotatable bonds is 40. The maximum atomic E-state index is 12.5. The van der Waals surface area contributed by atoms with Gasteiger partial charge in [0.25, 0.3) is 0 Å². The van der Waals surface area contributed by atoms with Crippen LogP contribution >= 0.6 is 7.82 Å². The molecule has 2 atom stereocenters. The van der Waals surface area contributed by atoms with E-state index >= 15 is 0 Å². The molecule has 0 heterocycles. The Hall–Kier alpha value is -1.77. The van der Waals surface area contributed by atoms with Crippen molar-refractivity contribution in [2.24, 2.45) is 5.73 Å². The summed E-state index contributed by atoms with van der Waals surface area (Å²) in [7, 11) is -4.38. The third-order valence-electron chi connectivity index (χ3n) is 9.01. The molecular formula is C43H80NO8P. The maximum Gasteiger partial charge on any atom is 0.472 e. The number of phosphoric acid groups is 1. The van der Waals surface area contributed by atoms with Crippen molar-refractivity contribution in [2.45, 2.75) is 200 Å². The zero-order valence-electron chi connectivity index (χ0n) is 34.0. The molecule has 0 aliphatic rings. The number of hydrogen-bond donors (Lipinski definition) is 2. The summed E-state index contributed by atoms with van der Waals surface area (Å²) in [5.74, 6) is -0.892. The number of unbranched alkanes of at least 4 members (excludes halogenated alkanes) is 21. The number of carbonyl (C=O) groups is 2. The molecule has 0 aliphatic heterocycles. The van der Waals surface area contributed by atoms with Gasteiger partial charge in [-0.05, 0) is 57.8 Å². The molecule has 0 rings (SSSR count). The van der Waals surface area contributed by atoms with Crippen LogP contribution in [0.5, 0.6) is 0 Å². The van der Waals surface area contributed by atoms with Gasteiger partial charge in [0.05, 0.1) is 13.2 Å². The first kappa shape index (κ1) is 51.2. The molecule has 0 spiro atoms. The minimum absolute atomic E-state index is 0.0475. The largest absolute Gasteiger partial charge is 0.472 e. The molecule has 0 amide bonds. The van der Waals surface area contributed by atoms with Gasteiger partial charge in [0.15, 0.2) is 6.10 Å². The molecule has 0 aliphatic carbocycles. The van der Waals surface area contributed by atoms with Crippen LogP contribution in [0.3, 0.4) is 0 Å². The van der Waals surface area contributed by atoms with Crippen molar-refractivity contribution in [3.05, 3.63) is 36.5 Å². The Kier molecular flexibility index (Phi) is 38.6. The molecule has 0 aromatic rings. The van der Waals surface area contributed by atoms with Gasteiger partial charge in [-0.15, -0.1) is 0 Å². The van der Waals surface area contributed by atoms with Crippen molar-refractivity contribution in [3.8, 4) is 0 Å². The van der Waals surface area contributed by atoms with Crippen molar-refractivity contribution in [1.82, 2.24) is 0 Å². The number of carbonyl (C=O) groups excluding carboxylic acids is 2. The lowest BCUT2D eigenvalue weighted by molar-refractivity contribution is -0.161. The van der Waals surface area contributed by atoms with Crippen molar-refractivity contribution in [2.75, 3.05) is 26.4 Å². The lowest BCUT2D eigenvalue weighted by Crippen LogP contribution is -2.29. The Balaban J connectivity index is 4.20. The summed E-state index contributed by atoms with van der Waals surface area (Å²) >= 11 is 0. The van der Waals surface area contributed by atoms with Crippen molar-refractivity contribution in [3.63, 3.8) is 0 Å². The summed E-state index contributed by atoms with van der Waals surface area (Å²) in [6.07, 6.45) is 43.3. The first-order chi connectivity index (χ1) is 25.8. The highest BCUT2D eigenvalue weighted by Crippen LogP contribution is 2.43. The lowest BCUT2D eigenvalue weighted by Gasteiger charge is -2.19. The summed E-state index contributed by atoms with van der Waals surface area (Å²) in [6.45, 7) is 3.66. The number of allylic oxidation sites excluding steroid dienone is 6.